The van der Waals surface area contributed by atoms with E-state index in [2.05, 4.69) is 55.4 Å². The van der Waals surface area contributed by atoms with Crippen LogP contribution in [0.25, 0.3) is 0 Å². The molecule has 0 bridgehead atoms. The zero-order chi connectivity index (χ0) is 20.6. The minimum atomic E-state index is 0. The van der Waals surface area contributed by atoms with Crippen LogP contribution in [-0.2, 0) is 6.42 Å². The molecule has 0 unspecified atom stereocenters. The van der Waals surface area contributed by atoms with Crippen LogP contribution in [0, 0.1) is 0 Å². The van der Waals surface area contributed by atoms with E-state index >= 15 is 0 Å². The van der Waals surface area contributed by atoms with Crippen LogP contribution in [0.3, 0.4) is 0 Å². The Kier molecular flexibility index (Phi) is 11.2. The van der Waals surface area contributed by atoms with Gasteiger partial charge in [-0.2, -0.15) is 0 Å². The normalized spacial score (nSPS) is 19.3. The summed E-state index contributed by atoms with van der Waals surface area (Å²) < 4.78 is 2.41. The number of nitrogens with zero attached hydrogens (tertiary/aromatic N) is 5. The summed E-state index contributed by atoms with van der Waals surface area (Å²) >= 11 is 1.71. The Balaban J connectivity index is 0.00000320. The highest BCUT2D eigenvalue weighted by Gasteiger charge is 2.24. The number of hydrogen-bond donors (Lipinski definition) is 2. The number of aromatic nitrogens is 3. The van der Waals surface area contributed by atoms with E-state index in [-0.39, 0.29) is 24.0 Å². The number of halogens is 1. The number of aryl methyl sites for hydroxylation is 1. The number of piperidine rings is 1. The van der Waals surface area contributed by atoms with Crippen molar-refractivity contribution in [1.82, 2.24) is 30.3 Å². The lowest BCUT2D eigenvalue weighted by molar-refractivity contribution is 0.167. The number of guanidine groups is 1. The van der Waals surface area contributed by atoms with Crippen LogP contribution in [-0.4, -0.2) is 70.6 Å². The molecular formula is C21H40IN7S. The molecule has 2 heterocycles. The van der Waals surface area contributed by atoms with E-state index in [0.29, 0.717) is 18.1 Å². The average Bonchev–Trinajstić information content (AvgIpc) is 3.39. The number of thioether (sulfide) groups is 1. The molecule has 1 aliphatic heterocycles. The Labute approximate surface area is 203 Å². The van der Waals surface area contributed by atoms with E-state index in [4.69, 9.17) is 0 Å². The molecule has 30 heavy (non-hydrogen) atoms. The summed E-state index contributed by atoms with van der Waals surface area (Å²) in [4.78, 5) is 6.98. The first-order valence-corrected chi connectivity index (χ1v) is 12.5. The van der Waals surface area contributed by atoms with Gasteiger partial charge in [0, 0.05) is 51.2 Å². The highest BCUT2D eigenvalue weighted by Crippen LogP contribution is 2.33. The van der Waals surface area contributed by atoms with Crippen molar-refractivity contribution in [3.63, 3.8) is 0 Å². The molecule has 0 spiro atoms. The maximum Gasteiger partial charge on any atom is 0.191 e. The Bertz CT molecular complexity index is 650. The zero-order valence-corrected chi connectivity index (χ0v) is 22.2. The van der Waals surface area contributed by atoms with Crippen molar-refractivity contribution in [2.75, 3.05) is 32.9 Å². The zero-order valence-electron chi connectivity index (χ0n) is 19.1. The molecule has 2 N–H and O–H groups in total. The Morgan fingerprint density at radius 2 is 1.87 bits per heavy atom. The predicted molar refractivity (Wildman–Crippen MR) is 137 cm³/mol. The van der Waals surface area contributed by atoms with E-state index in [1.807, 2.05) is 7.05 Å². The molecule has 0 atom stereocenters. The van der Waals surface area contributed by atoms with E-state index in [1.165, 1.54) is 51.6 Å². The Morgan fingerprint density at radius 1 is 1.17 bits per heavy atom. The maximum absolute atomic E-state index is 4.50. The second-order valence-corrected chi connectivity index (χ2v) is 9.34. The second-order valence-electron chi connectivity index (χ2n) is 8.56. The molecule has 1 saturated carbocycles. The molecule has 2 fully saturated rings. The van der Waals surface area contributed by atoms with Gasteiger partial charge in [-0.15, -0.1) is 34.2 Å². The second kappa shape index (κ2) is 13.1. The van der Waals surface area contributed by atoms with E-state index < -0.39 is 0 Å². The highest BCUT2D eigenvalue weighted by atomic mass is 127. The van der Waals surface area contributed by atoms with Crippen LogP contribution in [0.5, 0.6) is 0 Å². The van der Waals surface area contributed by atoms with Gasteiger partial charge in [-0.3, -0.25) is 4.99 Å². The van der Waals surface area contributed by atoms with Crippen molar-refractivity contribution in [3.05, 3.63) is 5.82 Å². The number of aliphatic imine (C=N–C) groups is 1. The molecule has 1 saturated heterocycles. The number of rotatable bonds is 8. The lowest BCUT2D eigenvalue weighted by atomic mass is 10.0. The molecule has 1 aromatic rings. The first kappa shape index (κ1) is 25.7. The van der Waals surface area contributed by atoms with Crippen LogP contribution in [0.15, 0.2) is 10.1 Å². The third-order valence-corrected chi connectivity index (χ3v) is 6.94. The van der Waals surface area contributed by atoms with Gasteiger partial charge >= 0.3 is 0 Å². The fraction of sp³-hybridized carbons (Fsp3) is 0.857. The largest absolute Gasteiger partial charge is 0.356 e. The van der Waals surface area contributed by atoms with Gasteiger partial charge in [0.25, 0.3) is 0 Å². The Hall–Kier alpha value is -0.550. The van der Waals surface area contributed by atoms with Crippen LogP contribution in [0.4, 0.5) is 0 Å². The van der Waals surface area contributed by atoms with E-state index in [0.717, 1.165) is 36.3 Å². The van der Waals surface area contributed by atoms with Gasteiger partial charge < -0.3 is 20.1 Å². The van der Waals surface area contributed by atoms with E-state index in [9.17, 15) is 0 Å². The van der Waals surface area contributed by atoms with Gasteiger partial charge in [0.2, 0.25) is 0 Å². The van der Waals surface area contributed by atoms with Crippen molar-refractivity contribution in [3.8, 4) is 0 Å². The van der Waals surface area contributed by atoms with Crippen molar-refractivity contribution in [2.45, 2.75) is 88.5 Å². The van der Waals surface area contributed by atoms with Gasteiger partial charge in [-0.25, -0.2) is 0 Å². The van der Waals surface area contributed by atoms with Crippen LogP contribution < -0.4 is 10.6 Å². The molecule has 0 aromatic carbocycles. The lowest BCUT2D eigenvalue weighted by Crippen LogP contribution is -2.50. The fourth-order valence-corrected chi connectivity index (χ4v) is 5.12. The van der Waals surface area contributed by atoms with E-state index in [1.54, 1.807) is 11.8 Å². The summed E-state index contributed by atoms with van der Waals surface area (Å²) in [5.74, 6) is 2.07. The first-order valence-electron chi connectivity index (χ1n) is 11.3. The van der Waals surface area contributed by atoms with Crippen molar-refractivity contribution >= 4 is 41.7 Å². The standard InChI is InChI=1S/C21H39N7S.HI/c1-16(2)27-14-11-17(12-15-27)24-20(22-3)23-13-7-10-19-25-26-21(29-4)28(19)18-8-5-6-9-18;/h16-18H,5-15H2,1-4H3,(H2,22,23,24);1H. The maximum atomic E-state index is 4.50. The lowest BCUT2D eigenvalue weighted by Gasteiger charge is -2.35. The molecule has 7 nitrogen and oxygen atoms in total. The van der Waals surface area contributed by atoms with Crippen LogP contribution in [0.1, 0.15) is 70.7 Å². The summed E-state index contributed by atoms with van der Waals surface area (Å²) in [6.45, 7) is 7.80. The molecule has 0 radical (unpaired) electrons. The summed E-state index contributed by atoms with van der Waals surface area (Å²) in [6, 6.07) is 1.76. The number of nitrogens with one attached hydrogen (secondary N) is 2. The summed E-state index contributed by atoms with van der Waals surface area (Å²) in [5.41, 5.74) is 0. The monoisotopic (exact) mass is 549 g/mol. The minimum Gasteiger partial charge on any atom is -0.356 e. The predicted octanol–water partition coefficient (Wildman–Crippen LogP) is 3.70. The SMILES string of the molecule is CN=C(NCCCc1nnc(SC)n1C1CCCC1)NC1CCN(C(C)C)CC1.I. The molecule has 3 rings (SSSR count). The minimum absolute atomic E-state index is 0. The topological polar surface area (TPSA) is 70.4 Å². The van der Waals surface area contributed by atoms with Crippen molar-refractivity contribution < 1.29 is 0 Å². The van der Waals surface area contributed by atoms with Crippen molar-refractivity contribution in [1.29, 1.82) is 0 Å². The highest BCUT2D eigenvalue weighted by molar-refractivity contribution is 14.0. The third-order valence-electron chi connectivity index (χ3n) is 6.30. The van der Waals surface area contributed by atoms with Gasteiger partial charge in [0.05, 0.1) is 0 Å². The third kappa shape index (κ3) is 6.98. The summed E-state index contributed by atoms with van der Waals surface area (Å²) in [6.07, 6.45) is 11.6. The molecule has 2 aliphatic rings. The summed E-state index contributed by atoms with van der Waals surface area (Å²) in [7, 11) is 1.86. The van der Waals surface area contributed by atoms with Gasteiger partial charge in [0.15, 0.2) is 11.1 Å². The smallest absolute Gasteiger partial charge is 0.191 e. The molecule has 9 heteroatoms. The Morgan fingerprint density at radius 3 is 2.47 bits per heavy atom. The molecule has 0 amide bonds. The molecule has 1 aromatic heterocycles. The van der Waals surface area contributed by atoms with Crippen LogP contribution in [0.2, 0.25) is 0 Å². The van der Waals surface area contributed by atoms with Gasteiger partial charge in [-0.1, -0.05) is 24.6 Å². The first-order chi connectivity index (χ1) is 14.1. The van der Waals surface area contributed by atoms with Crippen LogP contribution >= 0.6 is 35.7 Å². The quantitative estimate of drug-likeness (QED) is 0.170. The molecule has 172 valence electrons. The molecular weight excluding hydrogens is 509 g/mol. The average molecular weight is 550 g/mol. The molecule has 1 aliphatic carbocycles. The summed E-state index contributed by atoms with van der Waals surface area (Å²) in [5, 5.41) is 17.1. The fourth-order valence-electron chi connectivity index (χ4n) is 4.55. The van der Waals surface area contributed by atoms with Gasteiger partial charge in [-0.05, 0) is 52.2 Å². The van der Waals surface area contributed by atoms with Gasteiger partial charge in [0.1, 0.15) is 5.82 Å². The number of hydrogen-bond acceptors (Lipinski definition) is 5. The number of likely N-dealkylation sites (tertiary alicyclic amines) is 1. The van der Waals surface area contributed by atoms with Crippen molar-refractivity contribution in [2.24, 2.45) is 4.99 Å².